The molecule has 0 fully saturated rings. The fraction of sp³-hybridized carbons (Fsp3) is 0.190. The molecule has 1 amide bonds. The lowest BCUT2D eigenvalue weighted by Gasteiger charge is -2.18. The third-order valence-electron chi connectivity index (χ3n) is 4.28. The van der Waals surface area contributed by atoms with Crippen LogP contribution in [0.5, 0.6) is 0 Å². The Morgan fingerprint density at radius 2 is 1.76 bits per heavy atom. The van der Waals surface area contributed by atoms with Crippen LogP contribution in [0.15, 0.2) is 82.3 Å². The van der Waals surface area contributed by atoms with E-state index in [-0.39, 0.29) is 23.4 Å². The molecule has 0 saturated carbocycles. The summed E-state index contributed by atoms with van der Waals surface area (Å²) in [6.45, 7) is 0.367. The molecule has 1 atom stereocenters. The van der Waals surface area contributed by atoms with E-state index in [0.29, 0.717) is 17.9 Å². The number of methoxy groups -OCH3 is 1. The number of nitrogens with one attached hydrogen (secondary N) is 2. The van der Waals surface area contributed by atoms with Gasteiger partial charge in [-0.3, -0.25) is 4.79 Å². The molecule has 152 valence electrons. The average Bonchev–Trinajstić information content (AvgIpc) is 3.26. The highest BCUT2D eigenvalue weighted by atomic mass is 32.2. The summed E-state index contributed by atoms with van der Waals surface area (Å²) in [5, 5.41) is 2.91. The zero-order valence-electron chi connectivity index (χ0n) is 15.9. The van der Waals surface area contributed by atoms with E-state index in [9.17, 15) is 13.2 Å². The minimum Gasteiger partial charge on any atom is -0.468 e. The van der Waals surface area contributed by atoms with Crippen molar-refractivity contribution < 1.29 is 22.4 Å². The molecule has 1 unspecified atom stereocenters. The van der Waals surface area contributed by atoms with Gasteiger partial charge < -0.3 is 14.5 Å². The van der Waals surface area contributed by atoms with Crippen molar-refractivity contribution in [3.05, 3.63) is 89.9 Å². The van der Waals surface area contributed by atoms with E-state index >= 15 is 0 Å². The summed E-state index contributed by atoms with van der Waals surface area (Å²) in [6, 6.07) is 18.3. The molecule has 0 spiro atoms. The van der Waals surface area contributed by atoms with Gasteiger partial charge in [-0.15, -0.1) is 0 Å². The molecule has 1 aromatic heterocycles. The fourth-order valence-electron chi connectivity index (χ4n) is 2.76. The molecule has 1 heterocycles. The Kier molecular flexibility index (Phi) is 6.82. The highest BCUT2D eigenvalue weighted by Gasteiger charge is 2.18. The predicted molar refractivity (Wildman–Crippen MR) is 108 cm³/mol. The molecule has 0 aliphatic rings. The summed E-state index contributed by atoms with van der Waals surface area (Å²) < 4.78 is 37.6. The van der Waals surface area contributed by atoms with E-state index in [1.165, 1.54) is 30.5 Å². The number of rotatable bonds is 9. The van der Waals surface area contributed by atoms with E-state index in [2.05, 4.69) is 10.0 Å². The van der Waals surface area contributed by atoms with E-state index < -0.39 is 10.0 Å². The highest BCUT2D eigenvalue weighted by molar-refractivity contribution is 7.89. The minimum absolute atomic E-state index is 0.0490. The molecule has 29 heavy (non-hydrogen) atoms. The Labute approximate surface area is 169 Å². The molecule has 0 radical (unpaired) electrons. The van der Waals surface area contributed by atoms with Crippen molar-refractivity contribution >= 4 is 15.9 Å². The fourth-order valence-corrected chi connectivity index (χ4v) is 3.76. The van der Waals surface area contributed by atoms with Crippen molar-refractivity contribution in [2.24, 2.45) is 0 Å². The first-order chi connectivity index (χ1) is 14.0. The van der Waals surface area contributed by atoms with Crippen LogP contribution >= 0.6 is 0 Å². The quantitative estimate of drug-likeness (QED) is 0.561. The summed E-state index contributed by atoms with van der Waals surface area (Å²) >= 11 is 0. The zero-order valence-corrected chi connectivity index (χ0v) is 16.7. The van der Waals surface area contributed by atoms with Crippen LogP contribution in [0.3, 0.4) is 0 Å². The third-order valence-corrected chi connectivity index (χ3v) is 5.70. The summed E-state index contributed by atoms with van der Waals surface area (Å²) in [4.78, 5) is 12.7. The summed E-state index contributed by atoms with van der Waals surface area (Å²) in [5.41, 5.74) is 1.27. The lowest BCUT2D eigenvalue weighted by molar-refractivity contribution is 0.0896. The number of ether oxygens (including phenoxy) is 1. The standard InChI is InChI=1S/C21H22N2O5S/c1-27-15-20(16-6-3-2-4-7-16)23-21(24)17-9-11-19(12-10-17)29(25,26)22-14-18-8-5-13-28-18/h2-13,20,22H,14-15H2,1H3,(H,23,24). The number of hydrogen-bond donors (Lipinski definition) is 2. The Morgan fingerprint density at radius 3 is 2.38 bits per heavy atom. The van der Waals surface area contributed by atoms with Crippen molar-refractivity contribution in [3.63, 3.8) is 0 Å². The monoisotopic (exact) mass is 414 g/mol. The second kappa shape index (κ2) is 9.51. The number of sulfonamides is 1. The second-order valence-corrected chi connectivity index (χ2v) is 8.09. The van der Waals surface area contributed by atoms with E-state index in [0.717, 1.165) is 5.56 Å². The maximum atomic E-state index is 12.6. The van der Waals surface area contributed by atoms with Gasteiger partial charge in [0.25, 0.3) is 5.91 Å². The molecular weight excluding hydrogens is 392 g/mol. The van der Waals surface area contributed by atoms with Crippen molar-refractivity contribution in [2.75, 3.05) is 13.7 Å². The molecule has 8 heteroatoms. The SMILES string of the molecule is COCC(NC(=O)c1ccc(S(=O)(=O)NCc2ccco2)cc1)c1ccccc1. The van der Waals surface area contributed by atoms with Gasteiger partial charge in [-0.2, -0.15) is 0 Å². The highest BCUT2D eigenvalue weighted by Crippen LogP contribution is 2.16. The number of benzene rings is 2. The number of hydrogen-bond acceptors (Lipinski definition) is 5. The smallest absolute Gasteiger partial charge is 0.251 e. The van der Waals surface area contributed by atoms with Crippen LogP contribution in [0.25, 0.3) is 0 Å². The van der Waals surface area contributed by atoms with Gasteiger partial charge in [0, 0.05) is 12.7 Å². The van der Waals surface area contributed by atoms with Crippen LogP contribution in [0.1, 0.15) is 27.7 Å². The van der Waals surface area contributed by atoms with Crippen LogP contribution in [-0.2, 0) is 21.3 Å². The number of amides is 1. The number of carbonyl (C=O) groups is 1. The maximum Gasteiger partial charge on any atom is 0.251 e. The van der Waals surface area contributed by atoms with Crippen LogP contribution in [-0.4, -0.2) is 28.0 Å². The topological polar surface area (TPSA) is 97.6 Å². The largest absolute Gasteiger partial charge is 0.468 e. The zero-order chi connectivity index (χ0) is 20.7. The molecule has 3 aromatic rings. The first kappa shape index (κ1) is 20.8. The van der Waals surface area contributed by atoms with Crippen LogP contribution in [0.4, 0.5) is 0 Å². The van der Waals surface area contributed by atoms with Gasteiger partial charge in [-0.1, -0.05) is 30.3 Å². The van der Waals surface area contributed by atoms with Gasteiger partial charge in [0.15, 0.2) is 0 Å². The summed E-state index contributed by atoms with van der Waals surface area (Å²) in [7, 11) is -2.15. The Morgan fingerprint density at radius 1 is 1.03 bits per heavy atom. The Hall–Kier alpha value is -2.94. The molecule has 7 nitrogen and oxygen atoms in total. The summed E-state index contributed by atoms with van der Waals surface area (Å²) in [6.07, 6.45) is 1.48. The molecule has 2 N–H and O–H groups in total. The van der Waals surface area contributed by atoms with Gasteiger partial charge in [-0.05, 0) is 42.0 Å². The van der Waals surface area contributed by atoms with Crippen molar-refractivity contribution in [1.29, 1.82) is 0 Å². The van der Waals surface area contributed by atoms with E-state index in [1.807, 2.05) is 30.3 Å². The van der Waals surface area contributed by atoms with Gasteiger partial charge >= 0.3 is 0 Å². The normalized spacial score (nSPS) is 12.4. The average molecular weight is 414 g/mol. The first-order valence-electron chi connectivity index (χ1n) is 8.96. The van der Waals surface area contributed by atoms with Gasteiger partial charge in [-0.25, -0.2) is 13.1 Å². The maximum absolute atomic E-state index is 12.6. The van der Waals surface area contributed by atoms with Crippen molar-refractivity contribution in [2.45, 2.75) is 17.5 Å². The minimum atomic E-state index is -3.72. The first-order valence-corrected chi connectivity index (χ1v) is 10.4. The van der Waals surface area contributed by atoms with Crippen LogP contribution in [0, 0.1) is 0 Å². The van der Waals surface area contributed by atoms with Crippen LogP contribution in [0.2, 0.25) is 0 Å². The number of carbonyl (C=O) groups excluding carboxylic acids is 1. The molecule has 2 aromatic carbocycles. The Balaban J connectivity index is 1.67. The predicted octanol–water partition coefficient (Wildman–Crippen LogP) is 2.88. The van der Waals surface area contributed by atoms with E-state index in [4.69, 9.17) is 9.15 Å². The Bertz CT molecular complexity index is 1020. The summed E-state index contributed by atoms with van der Waals surface area (Å²) in [5.74, 6) is 0.193. The van der Waals surface area contributed by atoms with E-state index in [1.54, 1.807) is 19.2 Å². The lowest BCUT2D eigenvalue weighted by Crippen LogP contribution is -2.31. The van der Waals surface area contributed by atoms with Gasteiger partial charge in [0.1, 0.15) is 5.76 Å². The van der Waals surface area contributed by atoms with Crippen molar-refractivity contribution in [3.8, 4) is 0 Å². The molecule has 0 aliphatic carbocycles. The molecule has 3 rings (SSSR count). The molecule has 0 aliphatic heterocycles. The number of furan rings is 1. The molecular formula is C21H22N2O5S. The third kappa shape index (κ3) is 5.54. The van der Waals surface area contributed by atoms with Gasteiger partial charge in [0.2, 0.25) is 10.0 Å². The van der Waals surface area contributed by atoms with Crippen molar-refractivity contribution in [1.82, 2.24) is 10.0 Å². The molecule has 0 bridgehead atoms. The second-order valence-electron chi connectivity index (χ2n) is 6.32. The van der Waals surface area contributed by atoms with Gasteiger partial charge in [0.05, 0.1) is 30.4 Å². The van der Waals surface area contributed by atoms with Crippen LogP contribution < -0.4 is 10.0 Å². The lowest BCUT2D eigenvalue weighted by atomic mass is 10.1. The molecule has 0 saturated heterocycles.